The predicted molar refractivity (Wildman–Crippen MR) is 89.6 cm³/mol. The summed E-state index contributed by atoms with van der Waals surface area (Å²) in [6.45, 7) is 6.60. The highest BCUT2D eigenvalue weighted by molar-refractivity contribution is 5.28. The molecule has 0 aliphatic carbocycles. The maximum absolute atomic E-state index is 5.42. The molecular weight excluding hydrogens is 290 g/mol. The number of benzene rings is 1. The van der Waals surface area contributed by atoms with Crippen LogP contribution in [0.15, 0.2) is 30.5 Å². The number of nitrogens with zero attached hydrogens (tertiary/aromatic N) is 3. The summed E-state index contributed by atoms with van der Waals surface area (Å²) in [5.41, 5.74) is 3.83. The van der Waals surface area contributed by atoms with Gasteiger partial charge in [0.1, 0.15) is 5.75 Å². The fourth-order valence-electron chi connectivity index (χ4n) is 3.25. The first-order chi connectivity index (χ1) is 11.2. The molecule has 1 aromatic carbocycles. The van der Waals surface area contributed by atoms with Gasteiger partial charge in [0.05, 0.1) is 19.4 Å². The van der Waals surface area contributed by atoms with Crippen LogP contribution in [-0.4, -0.2) is 42.1 Å². The molecule has 3 rings (SSSR count). The molecular formula is C18H25N3O2. The molecule has 0 radical (unpaired) electrons. The van der Waals surface area contributed by atoms with Crippen LogP contribution in [0.5, 0.6) is 5.75 Å². The summed E-state index contributed by atoms with van der Waals surface area (Å²) in [5, 5.41) is 4.73. The van der Waals surface area contributed by atoms with Crippen molar-refractivity contribution in [2.24, 2.45) is 0 Å². The second-order valence-electron chi connectivity index (χ2n) is 6.07. The van der Waals surface area contributed by atoms with Gasteiger partial charge >= 0.3 is 0 Å². The lowest BCUT2D eigenvalue weighted by atomic mass is 9.97. The molecule has 5 nitrogen and oxygen atoms in total. The van der Waals surface area contributed by atoms with Crippen molar-refractivity contribution in [2.45, 2.75) is 32.5 Å². The van der Waals surface area contributed by atoms with Crippen LogP contribution in [0.2, 0.25) is 0 Å². The molecule has 0 bridgehead atoms. The van der Waals surface area contributed by atoms with Crippen molar-refractivity contribution < 1.29 is 9.47 Å². The van der Waals surface area contributed by atoms with E-state index in [1.54, 1.807) is 14.2 Å². The van der Waals surface area contributed by atoms with E-state index < -0.39 is 0 Å². The van der Waals surface area contributed by atoms with E-state index in [0.29, 0.717) is 12.5 Å². The number of hydrogen-bond acceptors (Lipinski definition) is 4. The van der Waals surface area contributed by atoms with Crippen molar-refractivity contribution in [3.63, 3.8) is 0 Å². The van der Waals surface area contributed by atoms with E-state index in [9.17, 15) is 0 Å². The number of aryl methyl sites for hydroxylation is 1. The van der Waals surface area contributed by atoms with Crippen LogP contribution in [0.4, 0.5) is 0 Å². The number of ether oxygens (including phenoxy) is 2. The molecule has 23 heavy (non-hydrogen) atoms. The molecule has 2 aromatic rings. The van der Waals surface area contributed by atoms with Crippen molar-refractivity contribution in [3.8, 4) is 5.75 Å². The lowest BCUT2D eigenvalue weighted by molar-refractivity contribution is 0.134. The number of aromatic nitrogens is 2. The Hall–Kier alpha value is -1.85. The van der Waals surface area contributed by atoms with Gasteiger partial charge in [-0.3, -0.25) is 9.58 Å². The number of methoxy groups -OCH3 is 2. The summed E-state index contributed by atoms with van der Waals surface area (Å²) in [6.07, 6.45) is 2.18. The first-order valence-corrected chi connectivity index (χ1v) is 8.14. The van der Waals surface area contributed by atoms with E-state index in [1.165, 1.54) is 16.8 Å². The van der Waals surface area contributed by atoms with Crippen molar-refractivity contribution in [1.82, 2.24) is 14.7 Å². The largest absolute Gasteiger partial charge is 0.497 e. The standard InChI is InChI=1S/C18H25N3O2/c1-4-21-12-15-10-20(11-16(13-22-2)18(15)19-21)9-14-5-7-17(23-3)8-6-14/h5-8,12,16H,4,9-11,13H2,1-3H3/t16-/m0/s1. The van der Waals surface area contributed by atoms with E-state index in [-0.39, 0.29) is 0 Å². The number of hydrogen-bond donors (Lipinski definition) is 0. The molecule has 0 amide bonds. The average Bonchev–Trinajstić information content (AvgIpc) is 2.99. The van der Waals surface area contributed by atoms with E-state index in [0.717, 1.165) is 31.9 Å². The molecule has 5 heteroatoms. The molecule has 1 aromatic heterocycles. The Morgan fingerprint density at radius 2 is 2.00 bits per heavy atom. The van der Waals surface area contributed by atoms with Gasteiger partial charge in [-0.2, -0.15) is 5.10 Å². The Kier molecular flexibility index (Phi) is 4.98. The summed E-state index contributed by atoms with van der Waals surface area (Å²) in [4.78, 5) is 2.47. The van der Waals surface area contributed by atoms with Crippen LogP contribution < -0.4 is 4.74 Å². The first kappa shape index (κ1) is 16.0. The normalized spacial score (nSPS) is 18.0. The SMILES string of the molecule is CCn1cc2c(n1)[C@H](COC)CN(Cc1ccc(OC)cc1)C2. The highest BCUT2D eigenvalue weighted by Crippen LogP contribution is 2.28. The maximum atomic E-state index is 5.42. The fourth-order valence-corrected chi connectivity index (χ4v) is 3.25. The second kappa shape index (κ2) is 7.15. The molecule has 1 aliphatic rings. The Balaban J connectivity index is 1.75. The van der Waals surface area contributed by atoms with Gasteiger partial charge in [-0.25, -0.2) is 0 Å². The third-order valence-corrected chi connectivity index (χ3v) is 4.39. The molecule has 124 valence electrons. The predicted octanol–water partition coefficient (Wildman–Crippen LogP) is 2.66. The van der Waals surface area contributed by atoms with E-state index in [2.05, 4.69) is 30.2 Å². The zero-order valence-corrected chi connectivity index (χ0v) is 14.2. The van der Waals surface area contributed by atoms with Crippen LogP contribution in [0.1, 0.15) is 29.7 Å². The monoisotopic (exact) mass is 315 g/mol. The molecule has 0 N–H and O–H groups in total. The molecule has 0 saturated heterocycles. The second-order valence-corrected chi connectivity index (χ2v) is 6.07. The van der Waals surface area contributed by atoms with E-state index in [4.69, 9.17) is 14.6 Å². The van der Waals surface area contributed by atoms with Gasteiger partial charge in [-0.1, -0.05) is 12.1 Å². The zero-order valence-electron chi connectivity index (χ0n) is 14.2. The van der Waals surface area contributed by atoms with Gasteiger partial charge in [0, 0.05) is 51.0 Å². The van der Waals surface area contributed by atoms with Gasteiger partial charge < -0.3 is 9.47 Å². The summed E-state index contributed by atoms with van der Waals surface area (Å²) in [5.74, 6) is 1.24. The van der Waals surface area contributed by atoms with Crippen LogP contribution in [-0.2, 0) is 24.4 Å². The summed E-state index contributed by atoms with van der Waals surface area (Å²) in [7, 11) is 3.46. The highest BCUT2D eigenvalue weighted by atomic mass is 16.5. The van der Waals surface area contributed by atoms with Crippen molar-refractivity contribution in [1.29, 1.82) is 0 Å². The summed E-state index contributed by atoms with van der Waals surface area (Å²) >= 11 is 0. The lowest BCUT2D eigenvalue weighted by Crippen LogP contribution is -2.34. The average molecular weight is 315 g/mol. The van der Waals surface area contributed by atoms with Gasteiger partial charge in [-0.05, 0) is 24.6 Å². The van der Waals surface area contributed by atoms with Crippen LogP contribution in [0.3, 0.4) is 0 Å². The molecule has 1 aliphatic heterocycles. The Morgan fingerprint density at radius 1 is 1.22 bits per heavy atom. The lowest BCUT2D eigenvalue weighted by Gasteiger charge is -2.31. The van der Waals surface area contributed by atoms with E-state index >= 15 is 0 Å². The molecule has 2 heterocycles. The van der Waals surface area contributed by atoms with Gasteiger partial charge in [0.2, 0.25) is 0 Å². The number of fused-ring (bicyclic) bond motifs is 1. The van der Waals surface area contributed by atoms with Crippen molar-refractivity contribution in [3.05, 3.63) is 47.3 Å². The smallest absolute Gasteiger partial charge is 0.118 e. The number of rotatable bonds is 6. The Bertz CT molecular complexity index is 636. The highest BCUT2D eigenvalue weighted by Gasteiger charge is 2.28. The molecule has 0 saturated carbocycles. The third kappa shape index (κ3) is 3.57. The fraction of sp³-hybridized carbons (Fsp3) is 0.500. The Morgan fingerprint density at radius 3 is 2.65 bits per heavy atom. The van der Waals surface area contributed by atoms with Gasteiger partial charge in [0.15, 0.2) is 0 Å². The summed E-state index contributed by atoms with van der Waals surface area (Å²) < 4.78 is 12.7. The first-order valence-electron chi connectivity index (χ1n) is 8.14. The zero-order chi connectivity index (χ0) is 16.2. The Labute approximate surface area is 137 Å². The molecule has 1 atom stereocenters. The summed E-state index contributed by atoms with van der Waals surface area (Å²) in [6, 6.07) is 8.31. The molecule has 0 fully saturated rings. The third-order valence-electron chi connectivity index (χ3n) is 4.39. The molecule has 0 spiro atoms. The van der Waals surface area contributed by atoms with E-state index in [1.807, 2.05) is 16.8 Å². The minimum Gasteiger partial charge on any atom is -0.497 e. The van der Waals surface area contributed by atoms with Crippen LogP contribution in [0, 0.1) is 0 Å². The van der Waals surface area contributed by atoms with Gasteiger partial charge in [0.25, 0.3) is 0 Å². The van der Waals surface area contributed by atoms with Crippen molar-refractivity contribution in [2.75, 3.05) is 27.4 Å². The molecule has 0 unspecified atom stereocenters. The minimum absolute atomic E-state index is 0.342. The van der Waals surface area contributed by atoms with Crippen LogP contribution in [0.25, 0.3) is 0 Å². The topological polar surface area (TPSA) is 39.5 Å². The maximum Gasteiger partial charge on any atom is 0.118 e. The van der Waals surface area contributed by atoms with Crippen LogP contribution >= 0.6 is 0 Å². The quantitative estimate of drug-likeness (QED) is 0.821. The minimum atomic E-state index is 0.342. The van der Waals surface area contributed by atoms with Crippen molar-refractivity contribution >= 4 is 0 Å². The van der Waals surface area contributed by atoms with Gasteiger partial charge in [-0.15, -0.1) is 0 Å².